The summed E-state index contributed by atoms with van der Waals surface area (Å²) in [6.07, 6.45) is 3.67. The molecule has 0 fully saturated rings. The normalized spacial score (nSPS) is 13.9. The molecule has 1 aromatic heterocycles. The molecule has 2 nitrogen and oxygen atoms in total. The summed E-state index contributed by atoms with van der Waals surface area (Å²) in [5.41, 5.74) is 1.41. The zero-order valence-electron chi connectivity index (χ0n) is 14.1. The quantitative estimate of drug-likeness (QED) is 0.755. The molecule has 0 spiro atoms. The van der Waals surface area contributed by atoms with E-state index in [1.807, 2.05) is 11.3 Å². The van der Waals surface area contributed by atoms with Crippen molar-refractivity contribution in [1.82, 2.24) is 10.3 Å². The van der Waals surface area contributed by atoms with Crippen molar-refractivity contribution in [3.05, 3.63) is 16.1 Å². The largest absolute Gasteiger partial charge is 0.316 e. The van der Waals surface area contributed by atoms with E-state index in [0.717, 1.165) is 31.3 Å². The predicted molar refractivity (Wildman–Crippen MR) is 90.6 cm³/mol. The van der Waals surface area contributed by atoms with Gasteiger partial charge in [-0.3, -0.25) is 0 Å². The van der Waals surface area contributed by atoms with Gasteiger partial charge in [-0.25, -0.2) is 4.98 Å². The highest BCUT2D eigenvalue weighted by Gasteiger charge is 2.18. The monoisotopic (exact) mass is 296 g/mol. The van der Waals surface area contributed by atoms with Crippen molar-refractivity contribution >= 4 is 11.3 Å². The van der Waals surface area contributed by atoms with Crippen LogP contribution in [0.5, 0.6) is 0 Å². The van der Waals surface area contributed by atoms with Crippen LogP contribution in [0.25, 0.3) is 0 Å². The van der Waals surface area contributed by atoms with Crippen LogP contribution in [0.2, 0.25) is 0 Å². The summed E-state index contributed by atoms with van der Waals surface area (Å²) in [5, 5.41) is 7.15. The molecule has 1 N–H and O–H groups in total. The van der Waals surface area contributed by atoms with Gasteiger partial charge in [0.05, 0.1) is 10.7 Å². The van der Waals surface area contributed by atoms with Gasteiger partial charge in [-0.05, 0) is 31.3 Å². The third kappa shape index (κ3) is 6.36. The van der Waals surface area contributed by atoms with E-state index in [0.29, 0.717) is 0 Å². The molecule has 0 radical (unpaired) electrons. The number of hydrogen-bond acceptors (Lipinski definition) is 3. The molecule has 1 aromatic rings. The molecule has 0 aliphatic carbocycles. The third-order valence-corrected chi connectivity index (χ3v) is 4.34. The van der Waals surface area contributed by atoms with Gasteiger partial charge >= 0.3 is 0 Å². The smallest absolute Gasteiger partial charge is 0.0931 e. The van der Waals surface area contributed by atoms with Gasteiger partial charge in [0, 0.05) is 17.2 Å². The molecular weight excluding hydrogens is 264 g/mol. The Hall–Kier alpha value is -0.410. The van der Waals surface area contributed by atoms with E-state index in [4.69, 9.17) is 4.98 Å². The molecule has 1 rings (SSSR count). The Kier molecular flexibility index (Phi) is 7.18. The Bertz CT molecular complexity index is 377. The molecule has 0 aromatic carbocycles. The summed E-state index contributed by atoms with van der Waals surface area (Å²) >= 11 is 1.83. The van der Waals surface area contributed by atoms with Crippen molar-refractivity contribution in [3.8, 4) is 0 Å². The molecule has 1 atom stereocenters. The molecule has 0 aliphatic rings. The van der Waals surface area contributed by atoms with Gasteiger partial charge in [-0.2, -0.15) is 0 Å². The Morgan fingerprint density at radius 2 is 1.95 bits per heavy atom. The molecule has 1 heterocycles. The van der Waals surface area contributed by atoms with E-state index in [9.17, 15) is 0 Å². The van der Waals surface area contributed by atoms with Gasteiger partial charge in [0.25, 0.3) is 0 Å². The maximum Gasteiger partial charge on any atom is 0.0931 e. The first kappa shape index (κ1) is 17.6. The minimum atomic E-state index is 0.172. The molecule has 116 valence electrons. The van der Waals surface area contributed by atoms with E-state index in [2.05, 4.69) is 52.2 Å². The summed E-state index contributed by atoms with van der Waals surface area (Å²) in [6.45, 7) is 15.7. The van der Waals surface area contributed by atoms with Gasteiger partial charge in [-0.1, -0.05) is 48.0 Å². The average Bonchev–Trinajstić information content (AvgIpc) is 2.77. The van der Waals surface area contributed by atoms with E-state index in [-0.39, 0.29) is 5.41 Å². The lowest BCUT2D eigenvalue weighted by atomic mass is 9.93. The van der Waals surface area contributed by atoms with Gasteiger partial charge in [0.2, 0.25) is 0 Å². The van der Waals surface area contributed by atoms with Crippen molar-refractivity contribution in [2.45, 2.75) is 66.2 Å². The van der Waals surface area contributed by atoms with Crippen molar-refractivity contribution in [2.75, 3.05) is 13.1 Å². The number of nitrogens with one attached hydrogen (secondary N) is 1. The number of rotatable bonds is 8. The van der Waals surface area contributed by atoms with Crippen LogP contribution in [0.15, 0.2) is 5.38 Å². The Labute approximate surface area is 129 Å². The Morgan fingerprint density at radius 1 is 1.25 bits per heavy atom. The first-order valence-electron chi connectivity index (χ1n) is 7.98. The Balaban J connectivity index is 2.54. The fourth-order valence-electron chi connectivity index (χ4n) is 2.26. The fourth-order valence-corrected chi connectivity index (χ4v) is 3.39. The lowest BCUT2D eigenvalue weighted by Gasteiger charge is -2.17. The second-order valence-corrected chi connectivity index (χ2v) is 8.23. The van der Waals surface area contributed by atoms with Crippen LogP contribution in [0.4, 0.5) is 0 Å². The maximum absolute atomic E-state index is 4.84. The van der Waals surface area contributed by atoms with E-state index in [1.165, 1.54) is 23.5 Å². The molecule has 1 unspecified atom stereocenters. The summed E-state index contributed by atoms with van der Waals surface area (Å²) in [5.74, 6) is 1.45. The summed E-state index contributed by atoms with van der Waals surface area (Å²) in [7, 11) is 0. The van der Waals surface area contributed by atoms with E-state index < -0.39 is 0 Å². The Morgan fingerprint density at radius 3 is 2.45 bits per heavy atom. The molecule has 0 saturated heterocycles. The highest BCUT2D eigenvalue weighted by Crippen LogP contribution is 2.25. The van der Waals surface area contributed by atoms with Crippen LogP contribution < -0.4 is 5.32 Å². The fraction of sp³-hybridized carbons (Fsp3) is 0.824. The molecule has 0 aliphatic heterocycles. The van der Waals surface area contributed by atoms with Crippen LogP contribution in [-0.2, 0) is 11.8 Å². The van der Waals surface area contributed by atoms with Crippen molar-refractivity contribution < 1.29 is 0 Å². The van der Waals surface area contributed by atoms with Crippen molar-refractivity contribution in [2.24, 2.45) is 11.8 Å². The molecule has 0 amide bonds. The van der Waals surface area contributed by atoms with Crippen LogP contribution in [0, 0.1) is 11.8 Å². The van der Waals surface area contributed by atoms with Crippen LogP contribution >= 0.6 is 11.3 Å². The van der Waals surface area contributed by atoms with Gasteiger partial charge in [-0.15, -0.1) is 11.3 Å². The van der Waals surface area contributed by atoms with Crippen LogP contribution in [0.1, 0.15) is 65.1 Å². The SMILES string of the molecule is CCCC(CNCC(C)C)Cc1nc(C(C)(C)C)cs1. The first-order chi connectivity index (χ1) is 9.32. The zero-order chi connectivity index (χ0) is 15.2. The number of aromatic nitrogens is 1. The molecule has 0 bridgehead atoms. The highest BCUT2D eigenvalue weighted by atomic mass is 32.1. The minimum absolute atomic E-state index is 0.172. The zero-order valence-corrected chi connectivity index (χ0v) is 14.9. The predicted octanol–water partition coefficient (Wildman–Crippen LogP) is 4.65. The second kappa shape index (κ2) is 8.14. The van der Waals surface area contributed by atoms with Gasteiger partial charge in [0.1, 0.15) is 0 Å². The molecule has 20 heavy (non-hydrogen) atoms. The second-order valence-electron chi connectivity index (χ2n) is 7.29. The molecule has 0 saturated carbocycles. The molecular formula is C17H32N2S. The van der Waals surface area contributed by atoms with E-state index >= 15 is 0 Å². The number of hydrogen-bond donors (Lipinski definition) is 1. The van der Waals surface area contributed by atoms with Gasteiger partial charge in [0.15, 0.2) is 0 Å². The van der Waals surface area contributed by atoms with Gasteiger partial charge < -0.3 is 5.32 Å². The average molecular weight is 297 g/mol. The third-order valence-electron chi connectivity index (χ3n) is 3.47. The highest BCUT2D eigenvalue weighted by molar-refractivity contribution is 7.09. The number of nitrogens with zero attached hydrogens (tertiary/aromatic N) is 1. The summed E-state index contributed by atoms with van der Waals surface area (Å²) in [4.78, 5) is 4.84. The number of thiazole rings is 1. The topological polar surface area (TPSA) is 24.9 Å². The van der Waals surface area contributed by atoms with Crippen LogP contribution in [-0.4, -0.2) is 18.1 Å². The summed E-state index contributed by atoms with van der Waals surface area (Å²) in [6, 6.07) is 0. The van der Waals surface area contributed by atoms with Crippen LogP contribution in [0.3, 0.4) is 0 Å². The summed E-state index contributed by atoms with van der Waals surface area (Å²) < 4.78 is 0. The first-order valence-corrected chi connectivity index (χ1v) is 8.86. The maximum atomic E-state index is 4.84. The minimum Gasteiger partial charge on any atom is -0.316 e. The standard InChI is InChI=1S/C17H32N2S/c1-7-8-14(11-18-10-13(2)3)9-16-19-15(12-20-16)17(4,5)6/h12-14,18H,7-11H2,1-6H3. The van der Waals surface area contributed by atoms with Crippen molar-refractivity contribution in [1.29, 1.82) is 0 Å². The lowest BCUT2D eigenvalue weighted by molar-refractivity contribution is 0.419. The lowest BCUT2D eigenvalue weighted by Crippen LogP contribution is -2.27. The van der Waals surface area contributed by atoms with Crippen molar-refractivity contribution in [3.63, 3.8) is 0 Å². The molecule has 3 heteroatoms. The van der Waals surface area contributed by atoms with E-state index in [1.54, 1.807) is 0 Å².